The van der Waals surface area contributed by atoms with Gasteiger partial charge in [-0.3, -0.25) is 9.36 Å². The highest BCUT2D eigenvalue weighted by molar-refractivity contribution is 5.06. The molecule has 0 bridgehead atoms. The maximum Gasteiger partial charge on any atom is 0.0521 e. The second-order valence-electron chi connectivity index (χ2n) is 11.4. The fourth-order valence-corrected chi connectivity index (χ4v) is 4.70. The fraction of sp³-hybridized carbons (Fsp3) is 0.769. The Bertz CT molecular complexity index is 753. The van der Waals surface area contributed by atoms with Gasteiger partial charge in [-0.05, 0) is 72.8 Å². The van der Waals surface area contributed by atoms with Crippen molar-refractivity contribution in [2.75, 3.05) is 0 Å². The highest BCUT2D eigenvalue weighted by Crippen LogP contribution is 2.36. The van der Waals surface area contributed by atoms with Crippen LogP contribution in [0.2, 0.25) is 0 Å². The number of hydrogen-bond donors (Lipinski definition) is 0. The Hall–Kier alpha value is -1.58. The molecule has 0 saturated carbocycles. The summed E-state index contributed by atoms with van der Waals surface area (Å²) in [5.74, 6) is 2.58. The summed E-state index contributed by atoms with van der Waals surface area (Å²) in [4.78, 5) is 0. The number of rotatable bonds is 12. The van der Waals surface area contributed by atoms with Gasteiger partial charge in [0.25, 0.3) is 0 Å². The van der Waals surface area contributed by atoms with Crippen molar-refractivity contribution < 1.29 is 0 Å². The van der Waals surface area contributed by atoms with Crippen LogP contribution in [0.15, 0.2) is 24.8 Å². The van der Waals surface area contributed by atoms with E-state index in [4.69, 9.17) is 0 Å². The smallest absolute Gasteiger partial charge is 0.0521 e. The molecule has 0 amide bonds. The summed E-state index contributed by atoms with van der Waals surface area (Å²) in [6.07, 6.45) is 13.2. The maximum atomic E-state index is 4.64. The highest BCUT2D eigenvalue weighted by Gasteiger charge is 2.28. The van der Waals surface area contributed by atoms with E-state index in [0.717, 1.165) is 19.4 Å². The van der Waals surface area contributed by atoms with Gasteiger partial charge >= 0.3 is 0 Å². The molecule has 0 saturated heterocycles. The van der Waals surface area contributed by atoms with Crippen molar-refractivity contribution in [1.82, 2.24) is 19.6 Å². The number of aromatic nitrogens is 4. The molecular formula is C26H46N4. The van der Waals surface area contributed by atoms with Gasteiger partial charge in [-0.2, -0.15) is 10.2 Å². The van der Waals surface area contributed by atoms with E-state index < -0.39 is 0 Å². The molecule has 3 atom stereocenters. The van der Waals surface area contributed by atoms with E-state index in [2.05, 4.69) is 100 Å². The van der Waals surface area contributed by atoms with Crippen LogP contribution in [0.25, 0.3) is 0 Å². The minimum Gasteiger partial charge on any atom is -0.272 e. The summed E-state index contributed by atoms with van der Waals surface area (Å²) in [5.41, 5.74) is 2.99. The average molecular weight is 415 g/mol. The van der Waals surface area contributed by atoms with Crippen LogP contribution in [-0.4, -0.2) is 19.6 Å². The standard InChI is InChI=1S/C26H46N4/c1-19(2)10-23(7)30-18-25(15-28-30)12-21(5)13-26(8,9)22(6)16-29-17-24(14-27-29)11-20(3)4/h14-15,17-23H,10-13,16H2,1-9H3/t21?,22-,23+/m1/s1. The van der Waals surface area contributed by atoms with E-state index in [9.17, 15) is 0 Å². The number of nitrogens with zero attached hydrogens (tertiary/aromatic N) is 4. The average Bonchev–Trinajstić information content (AvgIpc) is 3.22. The van der Waals surface area contributed by atoms with Gasteiger partial charge in [0.1, 0.15) is 0 Å². The quantitative estimate of drug-likeness (QED) is 0.382. The minimum absolute atomic E-state index is 0.268. The number of hydrogen-bond acceptors (Lipinski definition) is 2. The van der Waals surface area contributed by atoms with E-state index >= 15 is 0 Å². The van der Waals surface area contributed by atoms with E-state index in [1.807, 2.05) is 6.20 Å². The third kappa shape index (κ3) is 7.59. The molecule has 0 aliphatic carbocycles. The summed E-state index contributed by atoms with van der Waals surface area (Å²) in [5, 5.41) is 9.25. The van der Waals surface area contributed by atoms with Gasteiger partial charge in [0.2, 0.25) is 0 Å². The van der Waals surface area contributed by atoms with Crippen molar-refractivity contribution in [3.05, 3.63) is 35.9 Å². The first kappa shape index (κ1) is 24.7. The van der Waals surface area contributed by atoms with Crippen LogP contribution in [0.4, 0.5) is 0 Å². The van der Waals surface area contributed by atoms with Gasteiger partial charge in [0.15, 0.2) is 0 Å². The topological polar surface area (TPSA) is 35.6 Å². The summed E-state index contributed by atoms with van der Waals surface area (Å²) < 4.78 is 4.30. The monoisotopic (exact) mass is 414 g/mol. The third-order valence-corrected chi connectivity index (χ3v) is 6.50. The molecule has 0 aliphatic rings. The van der Waals surface area contributed by atoms with E-state index in [1.54, 1.807) is 0 Å². The normalized spacial score (nSPS) is 15.7. The molecule has 2 aromatic heterocycles. The molecule has 0 N–H and O–H groups in total. The van der Waals surface area contributed by atoms with Crippen molar-refractivity contribution in [2.24, 2.45) is 29.1 Å². The Kier molecular flexibility index (Phi) is 8.75. The summed E-state index contributed by atoms with van der Waals surface area (Å²) in [7, 11) is 0. The van der Waals surface area contributed by atoms with Gasteiger partial charge in [-0.15, -0.1) is 0 Å². The molecule has 2 heterocycles. The molecule has 4 heteroatoms. The first-order valence-electron chi connectivity index (χ1n) is 12.0. The summed E-state index contributed by atoms with van der Waals surface area (Å²) >= 11 is 0. The fourth-order valence-electron chi connectivity index (χ4n) is 4.70. The molecule has 170 valence electrons. The lowest BCUT2D eigenvalue weighted by Gasteiger charge is -2.34. The second-order valence-corrected chi connectivity index (χ2v) is 11.4. The van der Waals surface area contributed by atoms with E-state index in [-0.39, 0.29) is 5.41 Å². The molecule has 0 aliphatic heterocycles. The van der Waals surface area contributed by atoms with Crippen molar-refractivity contribution >= 4 is 0 Å². The van der Waals surface area contributed by atoms with Crippen LogP contribution >= 0.6 is 0 Å². The first-order chi connectivity index (χ1) is 14.0. The predicted octanol–water partition coefficient (Wildman–Crippen LogP) is 6.82. The van der Waals surface area contributed by atoms with Crippen molar-refractivity contribution in [2.45, 2.75) is 101 Å². The van der Waals surface area contributed by atoms with Crippen molar-refractivity contribution in [3.8, 4) is 0 Å². The summed E-state index contributed by atoms with van der Waals surface area (Å²) in [6.45, 7) is 21.9. The van der Waals surface area contributed by atoms with Crippen molar-refractivity contribution in [1.29, 1.82) is 0 Å². The van der Waals surface area contributed by atoms with Crippen molar-refractivity contribution in [3.63, 3.8) is 0 Å². The Morgan fingerprint density at radius 1 is 0.833 bits per heavy atom. The molecule has 4 nitrogen and oxygen atoms in total. The Balaban J connectivity index is 1.89. The van der Waals surface area contributed by atoms with Gasteiger partial charge in [0, 0.05) is 25.0 Å². The van der Waals surface area contributed by atoms with Crippen LogP contribution in [0, 0.1) is 29.1 Å². The SMILES string of the molecule is CC(C)Cc1cnn(C[C@@H](C)C(C)(C)CC(C)Cc2cnn([C@@H](C)CC(C)C)c2)c1. The Morgan fingerprint density at radius 3 is 2.10 bits per heavy atom. The zero-order valence-electron chi connectivity index (χ0n) is 21.0. The van der Waals surface area contributed by atoms with Crippen LogP contribution in [-0.2, 0) is 19.4 Å². The molecule has 30 heavy (non-hydrogen) atoms. The largest absolute Gasteiger partial charge is 0.272 e. The zero-order chi connectivity index (χ0) is 22.5. The maximum absolute atomic E-state index is 4.64. The van der Waals surface area contributed by atoms with Gasteiger partial charge in [0.05, 0.1) is 12.4 Å². The molecule has 1 unspecified atom stereocenters. The molecule has 2 rings (SSSR count). The molecule has 0 aromatic carbocycles. The van der Waals surface area contributed by atoms with Gasteiger partial charge in [-0.25, -0.2) is 0 Å². The van der Waals surface area contributed by atoms with Gasteiger partial charge < -0.3 is 0 Å². The Morgan fingerprint density at radius 2 is 1.47 bits per heavy atom. The lowest BCUT2D eigenvalue weighted by atomic mass is 9.73. The second kappa shape index (κ2) is 10.6. The lowest BCUT2D eigenvalue weighted by Crippen LogP contribution is -2.28. The van der Waals surface area contributed by atoms with Crippen LogP contribution in [0.3, 0.4) is 0 Å². The molecule has 0 fully saturated rings. The summed E-state index contributed by atoms with van der Waals surface area (Å²) in [6, 6.07) is 0.472. The highest BCUT2D eigenvalue weighted by atomic mass is 15.3. The predicted molar refractivity (Wildman–Crippen MR) is 128 cm³/mol. The van der Waals surface area contributed by atoms with E-state index in [1.165, 1.54) is 24.0 Å². The van der Waals surface area contributed by atoms with Crippen LogP contribution < -0.4 is 0 Å². The third-order valence-electron chi connectivity index (χ3n) is 6.50. The Labute approximate surface area is 185 Å². The van der Waals surface area contributed by atoms with Gasteiger partial charge in [-0.1, -0.05) is 55.4 Å². The van der Waals surface area contributed by atoms with E-state index in [0.29, 0.717) is 29.7 Å². The van der Waals surface area contributed by atoms with Crippen LogP contribution in [0.5, 0.6) is 0 Å². The minimum atomic E-state index is 0.268. The van der Waals surface area contributed by atoms with Crippen LogP contribution in [0.1, 0.15) is 92.3 Å². The molecule has 0 spiro atoms. The zero-order valence-corrected chi connectivity index (χ0v) is 21.0. The lowest BCUT2D eigenvalue weighted by molar-refractivity contribution is 0.157. The first-order valence-corrected chi connectivity index (χ1v) is 12.0. The molecule has 0 radical (unpaired) electrons. The molecular weight excluding hydrogens is 368 g/mol. The molecule has 2 aromatic rings.